The van der Waals surface area contributed by atoms with E-state index in [1.54, 1.807) is 24.3 Å². The Bertz CT molecular complexity index is 469. The molecule has 0 bridgehead atoms. The number of amides is 2. The van der Waals surface area contributed by atoms with Gasteiger partial charge in [0, 0.05) is 12.8 Å². The molecule has 1 fully saturated rings. The molecule has 1 aliphatic heterocycles. The summed E-state index contributed by atoms with van der Waals surface area (Å²) in [6.07, 6.45) is 1.55. The van der Waals surface area contributed by atoms with E-state index in [0.29, 0.717) is 31.4 Å². The van der Waals surface area contributed by atoms with Crippen molar-refractivity contribution in [2.24, 2.45) is 0 Å². The van der Waals surface area contributed by atoms with E-state index in [4.69, 9.17) is 5.26 Å². The standard InChI is InChI=1S/C13H12N2O2/c14-8-10-4-6-11(7-5-10)9-15-12(16)2-1-3-13(15)17/h4-7H,1-3,9H2. The van der Waals surface area contributed by atoms with Crippen molar-refractivity contribution >= 4 is 11.8 Å². The number of hydrogen-bond acceptors (Lipinski definition) is 3. The summed E-state index contributed by atoms with van der Waals surface area (Å²) in [4.78, 5) is 24.5. The molecule has 1 heterocycles. The maximum Gasteiger partial charge on any atom is 0.229 e. The molecule has 17 heavy (non-hydrogen) atoms. The SMILES string of the molecule is N#Cc1ccc(CN2C(=O)CCCC2=O)cc1. The molecule has 0 N–H and O–H groups in total. The first-order valence-corrected chi connectivity index (χ1v) is 5.53. The highest BCUT2D eigenvalue weighted by atomic mass is 16.2. The fourth-order valence-corrected chi connectivity index (χ4v) is 1.84. The molecule has 2 amide bonds. The minimum absolute atomic E-state index is 0.106. The normalized spacial score (nSPS) is 15.8. The Morgan fingerprint density at radius 1 is 1.12 bits per heavy atom. The van der Waals surface area contributed by atoms with Crippen LogP contribution in [0.15, 0.2) is 24.3 Å². The molecule has 1 aromatic carbocycles. The average molecular weight is 228 g/mol. The second-order valence-corrected chi connectivity index (χ2v) is 4.04. The van der Waals surface area contributed by atoms with E-state index >= 15 is 0 Å². The van der Waals surface area contributed by atoms with Gasteiger partial charge in [-0.15, -0.1) is 0 Å². The van der Waals surface area contributed by atoms with Crippen LogP contribution >= 0.6 is 0 Å². The zero-order valence-corrected chi connectivity index (χ0v) is 9.35. The molecule has 0 spiro atoms. The number of carbonyl (C=O) groups excluding carboxylic acids is 2. The van der Waals surface area contributed by atoms with E-state index in [0.717, 1.165) is 5.56 Å². The van der Waals surface area contributed by atoms with Crippen LogP contribution in [0.25, 0.3) is 0 Å². The van der Waals surface area contributed by atoms with Crippen LogP contribution in [0.3, 0.4) is 0 Å². The van der Waals surface area contributed by atoms with Crippen molar-refractivity contribution in [2.75, 3.05) is 0 Å². The molecule has 0 atom stereocenters. The van der Waals surface area contributed by atoms with Crippen molar-refractivity contribution < 1.29 is 9.59 Å². The fraction of sp³-hybridized carbons (Fsp3) is 0.308. The summed E-state index contributed by atoms with van der Waals surface area (Å²) >= 11 is 0. The van der Waals surface area contributed by atoms with Gasteiger partial charge < -0.3 is 0 Å². The van der Waals surface area contributed by atoms with Gasteiger partial charge in [0.15, 0.2) is 0 Å². The summed E-state index contributed by atoms with van der Waals surface area (Å²) in [6, 6.07) is 8.95. The number of carbonyl (C=O) groups is 2. The Morgan fingerprint density at radius 2 is 1.71 bits per heavy atom. The van der Waals surface area contributed by atoms with Gasteiger partial charge in [-0.3, -0.25) is 14.5 Å². The van der Waals surface area contributed by atoms with Crippen molar-refractivity contribution in [1.29, 1.82) is 5.26 Å². The zero-order valence-electron chi connectivity index (χ0n) is 9.35. The molecular weight excluding hydrogens is 216 g/mol. The number of hydrogen-bond donors (Lipinski definition) is 0. The van der Waals surface area contributed by atoms with Gasteiger partial charge in [-0.25, -0.2) is 0 Å². The molecule has 86 valence electrons. The van der Waals surface area contributed by atoms with E-state index in [-0.39, 0.29) is 11.8 Å². The first-order valence-electron chi connectivity index (χ1n) is 5.53. The summed E-state index contributed by atoms with van der Waals surface area (Å²) in [5.74, 6) is -0.212. The number of piperidine rings is 1. The maximum atomic E-state index is 11.6. The molecule has 0 saturated carbocycles. The molecule has 4 nitrogen and oxygen atoms in total. The van der Waals surface area contributed by atoms with Gasteiger partial charge >= 0.3 is 0 Å². The molecule has 1 aromatic rings. The topological polar surface area (TPSA) is 61.2 Å². The van der Waals surface area contributed by atoms with Crippen molar-refractivity contribution in [3.05, 3.63) is 35.4 Å². The van der Waals surface area contributed by atoms with Crippen LogP contribution in [0.5, 0.6) is 0 Å². The Morgan fingerprint density at radius 3 is 2.24 bits per heavy atom. The first-order chi connectivity index (χ1) is 8.20. The van der Waals surface area contributed by atoms with Gasteiger partial charge in [-0.1, -0.05) is 12.1 Å². The quantitative estimate of drug-likeness (QED) is 0.722. The third-order valence-electron chi connectivity index (χ3n) is 2.81. The van der Waals surface area contributed by atoms with E-state index in [1.807, 2.05) is 6.07 Å². The molecule has 2 rings (SSSR count). The van der Waals surface area contributed by atoms with E-state index in [1.165, 1.54) is 4.90 Å². The van der Waals surface area contributed by atoms with Gasteiger partial charge in [0.05, 0.1) is 18.2 Å². The van der Waals surface area contributed by atoms with Gasteiger partial charge in [0.2, 0.25) is 11.8 Å². The summed E-state index contributed by atoms with van der Waals surface area (Å²) in [5.41, 5.74) is 1.44. The van der Waals surface area contributed by atoms with E-state index in [2.05, 4.69) is 0 Å². The highest BCUT2D eigenvalue weighted by molar-refractivity contribution is 5.97. The molecule has 1 saturated heterocycles. The van der Waals surface area contributed by atoms with Crippen LogP contribution < -0.4 is 0 Å². The summed E-state index contributed by atoms with van der Waals surface area (Å²) in [7, 11) is 0. The van der Waals surface area contributed by atoms with Crippen molar-refractivity contribution in [1.82, 2.24) is 4.90 Å². The minimum Gasteiger partial charge on any atom is -0.278 e. The lowest BCUT2D eigenvalue weighted by Gasteiger charge is -2.24. The number of benzene rings is 1. The molecule has 4 heteroatoms. The maximum absolute atomic E-state index is 11.6. The van der Waals surface area contributed by atoms with E-state index in [9.17, 15) is 9.59 Å². The molecule has 1 aliphatic rings. The van der Waals surface area contributed by atoms with Crippen LogP contribution in [0.1, 0.15) is 30.4 Å². The highest BCUT2D eigenvalue weighted by Gasteiger charge is 2.25. The fourth-order valence-electron chi connectivity index (χ4n) is 1.84. The largest absolute Gasteiger partial charge is 0.278 e. The lowest BCUT2D eigenvalue weighted by Crippen LogP contribution is -2.39. The van der Waals surface area contributed by atoms with Crippen LogP contribution in [-0.4, -0.2) is 16.7 Å². The van der Waals surface area contributed by atoms with Crippen LogP contribution in [-0.2, 0) is 16.1 Å². The molecule has 0 radical (unpaired) electrons. The Balaban J connectivity index is 2.11. The van der Waals surface area contributed by atoms with Crippen LogP contribution in [0, 0.1) is 11.3 Å². The summed E-state index contributed by atoms with van der Waals surface area (Å²) < 4.78 is 0. The van der Waals surface area contributed by atoms with Gasteiger partial charge in [0.1, 0.15) is 0 Å². The smallest absolute Gasteiger partial charge is 0.229 e. The molecular formula is C13H12N2O2. The second kappa shape index (κ2) is 4.79. The average Bonchev–Trinajstić information content (AvgIpc) is 2.35. The number of rotatable bonds is 2. The summed E-state index contributed by atoms with van der Waals surface area (Å²) in [6.45, 7) is 0.309. The van der Waals surface area contributed by atoms with E-state index < -0.39 is 0 Å². The Labute approximate surface area is 99.5 Å². The van der Waals surface area contributed by atoms with Gasteiger partial charge in [0.25, 0.3) is 0 Å². The number of nitriles is 1. The number of nitrogens with zero attached hydrogens (tertiary/aromatic N) is 2. The summed E-state index contributed by atoms with van der Waals surface area (Å²) in [5, 5.41) is 8.67. The molecule has 0 aliphatic carbocycles. The van der Waals surface area contributed by atoms with Gasteiger partial charge in [-0.05, 0) is 24.1 Å². The third-order valence-corrected chi connectivity index (χ3v) is 2.81. The van der Waals surface area contributed by atoms with Gasteiger partial charge in [-0.2, -0.15) is 5.26 Å². The Hall–Kier alpha value is -2.15. The molecule has 0 unspecified atom stereocenters. The monoisotopic (exact) mass is 228 g/mol. The number of likely N-dealkylation sites (tertiary alicyclic amines) is 1. The minimum atomic E-state index is -0.106. The Kier molecular flexibility index (Phi) is 3.20. The lowest BCUT2D eigenvalue weighted by atomic mass is 10.1. The predicted octanol–water partition coefficient (Wildman–Crippen LogP) is 1.60. The van der Waals surface area contributed by atoms with Crippen LogP contribution in [0.4, 0.5) is 0 Å². The highest BCUT2D eigenvalue weighted by Crippen LogP contribution is 2.16. The lowest BCUT2D eigenvalue weighted by molar-refractivity contribution is -0.148. The van der Waals surface area contributed by atoms with Crippen molar-refractivity contribution in [3.63, 3.8) is 0 Å². The number of imide groups is 1. The first kappa shape index (κ1) is 11.3. The second-order valence-electron chi connectivity index (χ2n) is 4.04. The predicted molar refractivity (Wildman–Crippen MR) is 60.6 cm³/mol. The van der Waals surface area contributed by atoms with Crippen molar-refractivity contribution in [3.8, 4) is 6.07 Å². The molecule has 0 aromatic heterocycles. The zero-order chi connectivity index (χ0) is 12.3. The van der Waals surface area contributed by atoms with Crippen molar-refractivity contribution in [2.45, 2.75) is 25.8 Å². The van der Waals surface area contributed by atoms with Crippen LogP contribution in [0.2, 0.25) is 0 Å². The third kappa shape index (κ3) is 2.51.